The van der Waals surface area contributed by atoms with Crippen LogP contribution in [0.1, 0.15) is 50.4 Å². The molecule has 0 unspecified atom stereocenters. The van der Waals surface area contributed by atoms with Gasteiger partial charge < -0.3 is 10.4 Å². The molecule has 0 spiro atoms. The highest BCUT2D eigenvalue weighted by Gasteiger charge is 2.21. The molecule has 0 aromatic heterocycles. The maximum atomic E-state index is 12.4. The molecular formula is C15H24N2O4S. The van der Waals surface area contributed by atoms with Gasteiger partial charge in [-0.2, -0.15) is 0 Å². The maximum Gasteiger partial charge on any atom is 0.335 e. The number of rotatable bonds is 9. The van der Waals surface area contributed by atoms with E-state index in [-0.39, 0.29) is 16.5 Å². The van der Waals surface area contributed by atoms with Crippen molar-refractivity contribution in [1.29, 1.82) is 0 Å². The third kappa shape index (κ3) is 4.99. The van der Waals surface area contributed by atoms with E-state index >= 15 is 0 Å². The Balaban J connectivity index is 3.21. The van der Waals surface area contributed by atoms with Gasteiger partial charge in [-0.3, -0.25) is 0 Å². The lowest BCUT2D eigenvalue weighted by atomic mass is 10.2. The Kier molecular flexibility index (Phi) is 6.83. The first-order valence-corrected chi connectivity index (χ1v) is 8.93. The Morgan fingerprint density at radius 1 is 1.32 bits per heavy atom. The number of anilines is 1. The Labute approximate surface area is 132 Å². The zero-order chi connectivity index (χ0) is 16.8. The van der Waals surface area contributed by atoms with E-state index in [4.69, 9.17) is 5.11 Å². The Morgan fingerprint density at radius 2 is 2.00 bits per heavy atom. The van der Waals surface area contributed by atoms with Crippen LogP contribution in [0.15, 0.2) is 23.1 Å². The van der Waals surface area contributed by atoms with E-state index in [1.54, 1.807) is 0 Å². The summed E-state index contributed by atoms with van der Waals surface area (Å²) in [7, 11) is -3.75. The summed E-state index contributed by atoms with van der Waals surface area (Å²) < 4.78 is 27.4. The Bertz CT molecular complexity index is 614. The number of benzene rings is 1. The number of sulfonamides is 1. The molecule has 124 valence electrons. The highest BCUT2D eigenvalue weighted by Crippen LogP contribution is 2.24. The van der Waals surface area contributed by atoms with Crippen molar-refractivity contribution >= 4 is 21.7 Å². The minimum absolute atomic E-state index is 0.0243. The fourth-order valence-corrected chi connectivity index (χ4v) is 3.09. The normalized spacial score (nSPS) is 12.9. The second-order valence-electron chi connectivity index (χ2n) is 5.22. The number of hydrogen-bond acceptors (Lipinski definition) is 4. The number of carboxylic acid groups (broad SMARTS) is 1. The van der Waals surface area contributed by atoms with Crippen LogP contribution in [0, 0.1) is 0 Å². The molecule has 1 rings (SSSR count). The molecule has 22 heavy (non-hydrogen) atoms. The average molecular weight is 328 g/mol. The van der Waals surface area contributed by atoms with Gasteiger partial charge in [0.25, 0.3) is 0 Å². The van der Waals surface area contributed by atoms with Gasteiger partial charge in [0.2, 0.25) is 10.0 Å². The summed E-state index contributed by atoms with van der Waals surface area (Å²) in [6, 6.07) is 4.18. The monoisotopic (exact) mass is 328 g/mol. The van der Waals surface area contributed by atoms with Crippen LogP contribution in [-0.2, 0) is 10.0 Å². The van der Waals surface area contributed by atoms with Gasteiger partial charge in [0, 0.05) is 12.6 Å². The number of hydrogen-bond donors (Lipinski definition) is 3. The second-order valence-corrected chi connectivity index (χ2v) is 6.96. The van der Waals surface area contributed by atoms with Crippen LogP contribution >= 0.6 is 0 Å². The van der Waals surface area contributed by atoms with Crippen LogP contribution in [0.2, 0.25) is 0 Å². The van der Waals surface area contributed by atoms with Gasteiger partial charge in [-0.1, -0.05) is 20.3 Å². The van der Waals surface area contributed by atoms with E-state index < -0.39 is 16.0 Å². The van der Waals surface area contributed by atoms with Gasteiger partial charge in [0.05, 0.1) is 11.3 Å². The fraction of sp³-hybridized carbons (Fsp3) is 0.533. The fourth-order valence-electron chi connectivity index (χ4n) is 1.83. The quantitative estimate of drug-likeness (QED) is 0.606. The van der Waals surface area contributed by atoms with Crippen LogP contribution in [0.25, 0.3) is 0 Å². The summed E-state index contributed by atoms with van der Waals surface area (Å²) in [5, 5.41) is 12.2. The Hall–Kier alpha value is -1.60. The molecule has 0 saturated carbocycles. The lowest BCUT2D eigenvalue weighted by Crippen LogP contribution is -2.27. The molecule has 1 atom stereocenters. The summed E-state index contributed by atoms with van der Waals surface area (Å²) in [5.41, 5.74) is 0.369. The van der Waals surface area contributed by atoms with Crippen LogP contribution in [0.4, 0.5) is 5.69 Å². The molecular weight excluding hydrogens is 304 g/mol. The van der Waals surface area contributed by atoms with Gasteiger partial charge in [-0.15, -0.1) is 0 Å². The first-order chi connectivity index (χ1) is 10.3. The van der Waals surface area contributed by atoms with Gasteiger partial charge >= 0.3 is 5.97 Å². The molecule has 0 amide bonds. The lowest BCUT2D eigenvalue weighted by Gasteiger charge is -2.17. The second kappa shape index (κ2) is 8.14. The van der Waals surface area contributed by atoms with Crippen molar-refractivity contribution in [2.45, 2.75) is 51.0 Å². The number of aromatic carboxylic acids is 1. The Morgan fingerprint density at radius 3 is 2.55 bits per heavy atom. The number of nitrogens with one attached hydrogen (secondary N) is 2. The van der Waals surface area contributed by atoms with E-state index in [9.17, 15) is 13.2 Å². The standard InChI is InChI=1S/C15H24N2O4S/c1-4-6-9-16-22(20,21)14-10-12(15(18)19)7-8-13(14)17-11(3)5-2/h7-8,10-11,16-17H,4-6,9H2,1-3H3,(H,18,19)/t11-/m0/s1. The van der Waals surface area contributed by atoms with Crippen molar-refractivity contribution in [2.75, 3.05) is 11.9 Å². The molecule has 0 fully saturated rings. The largest absolute Gasteiger partial charge is 0.478 e. The summed E-state index contributed by atoms with van der Waals surface area (Å²) in [5.74, 6) is -1.15. The van der Waals surface area contributed by atoms with Gasteiger partial charge in [-0.25, -0.2) is 17.9 Å². The maximum absolute atomic E-state index is 12.4. The molecule has 0 aliphatic rings. The van der Waals surface area contributed by atoms with Crippen molar-refractivity contribution in [3.63, 3.8) is 0 Å². The predicted octanol–water partition coefficient (Wildman–Crippen LogP) is 2.67. The van der Waals surface area contributed by atoms with Crippen LogP contribution in [0.3, 0.4) is 0 Å². The van der Waals surface area contributed by atoms with Gasteiger partial charge in [0.15, 0.2) is 0 Å². The molecule has 0 bridgehead atoms. The van der Waals surface area contributed by atoms with E-state index in [1.165, 1.54) is 18.2 Å². The minimum atomic E-state index is -3.75. The summed E-state index contributed by atoms with van der Waals surface area (Å²) >= 11 is 0. The zero-order valence-electron chi connectivity index (χ0n) is 13.2. The van der Waals surface area contributed by atoms with E-state index in [0.29, 0.717) is 12.2 Å². The first kappa shape index (κ1) is 18.4. The molecule has 0 aliphatic heterocycles. The number of carboxylic acids is 1. The highest BCUT2D eigenvalue weighted by molar-refractivity contribution is 7.89. The zero-order valence-corrected chi connectivity index (χ0v) is 14.0. The van der Waals surface area contributed by atoms with Crippen LogP contribution < -0.4 is 10.0 Å². The van der Waals surface area contributed by atoms with Crippen molar-refractivity contribution in [2.24, 2.45) is 0 Å². The summed E-state index contributed by atoms with van der Waals surface area (Å²) in [4.78, 5) is 11.1. The molecule has 0 aliphatic carbocycles. The first-order valence-electron chi connectivity index (χ1n) is 7.45. The third-order valence-corrected chi connectivity index (χ3v) is 4.86. The van der Waals surface area contributed by atoms with Crippen LogP contribution in [-0.4, -0.2) is 32.1 Å². The molecule has 0 radical (unpaired) electrons. The molecule has 7 heteroatoms. The van der Waals surface area contributed by atoms with Gasteiger partial charge in [-0.05, 0) is 38.0 Å². The topological polar surface area (TPSA) is 95.5 Å². The number of carbonyl (C=O) groups is 1. The van der Waals surface area contributed by atoms with Crippen molar-refractivity contribution in [1.82, 2.24) is 4.72 Å². The van der Waals surface area contributed by atoms with Crippen molar-refractivity contribution < 1.29 is 18.3 Å². The molecule has 1 aromatic carbocycles. The molecule has 3 N–H and O–H groups in total. The highest BCUT2D eigenvalue weighted by atomic mass is 32.2. The molecule has 1 aromatic rings. The summed E-state index contributed by atoms with van der Waals surface area (Å²) in [6.07, 6.45) is 2.42. The van der Waals surface area contributed by atoms with E-state index in [2.05, 4.69) is 10.0 Å². The molecule has 0 heterocycles. The smallest absolute Gasteiger partial charge is 0.335 e. The molecule has 6 nitrogen and oxygen atoms in total. The van der Waals surface area contributed by atoms with Crippen molar-refractivity contribution in [3.8, 4) is 0 Å². The predicted molar refractivity (Wildman–Crippen MR) is 86.9 cm³/mol. The lowest BCUT2D eigenvalue weighted by molar-refractivity contribution is 0.0696. The molecule has 0 saturated heterocycles. The van der Waals surface area contributed by atoms with Crippen molar-refractivity contribution in [3.05, 3.63) is 23.8 Å². The van der Waals surface area contributed by atoms with E-state index in [0.717, 1.165) is 19.3 Å². The number of unbranched alkanes of at least 4 members (excludes halogenated alkanes) is 1. The average Bonchev–Trinajstić information content (AvgIpc) is 2.47. The summed E-state index contributed by atoms with van der Waals surface area (Å²) in [6.45, 7) is 6.22. The van der Waals surface area contributed by atoms with E-state index in [1.807, 2.05) is 20.8 Å². The minimum Gasteiger partial charge on any atom is -0.478 e. The third-order valence-electron chi connectivity index (χ3n) is 3.35. The SMILES string of the molecule is CCCCNS(=O)(=O)c1cc(C(=O)O)ccc1N[C@@H](C)CC. The van der Waals surface area contributed by atoms with Gasteiger partial charge in [0.1, 0.15) is 4.90 Å². The van der Waals surface area contributed by atoms with Crippen LogP contribution in [0.5, 0.6) is 0 Å².